The van der Waals surface area contributed by atoms with Crippen molar-refractivity contribution in [1.29, 1.82) is 0 Å². The predicted octanol–water partition coefficient (Wildman–Crippen LogP) is 4.19. The number of benzene rings is 1. The monoisotopic (exact) mass is 514 g/mol. The number of aromatic nitrogens is 1. The van der Waals surface area contributed by atoms with Crippen LogP contribution in [-0.2, 0) is 9.47 Å². The Morgan fingerprint density at radius 2 is 2.00 bits per heavy atom. The van der Waals surface area contributed by atoms with Crippen molar-refractivity contribution in [2.75, 3.05) is 36.5 Å². The zero-order chi connectivity index (χ0) is 26.7. The second kappa shape index (κ2) is 8.92. The number of nitrogens with one attached hydrogen (secondary N) is 2. The van der Waals surface area contributed by atoms with Gasteiger partial charge in [-0.15, -0.1) is 0 Å². The summed E-state index contributed by atoms with van der Waals surface area (Å²) in [5.41, 5.74) is 0.135. The van der Waals surface area contributed by atoms with Crippen LogP contribution >= 0.6 is 0 Å². The molecule has 10 heteroatoms. The number of ether oxygens (including phenoxy) is 2. The van der Waals surface area contributed by atoms with Gasteiger partial charge >= 0.3 is 12.1 Å². The third kappa shape index (κ3) is 4.51. The number of hydrogen-bond acceptors (Lipinski definition) is 7. The molecule has 1 aromatic heterocycles. The molecule has 3 heterocycles. The van der Waals surface area contributed by atoms with E-state index in [0.717, 1.165) is 19.3 Å². The van der Waals surface area contributed by atoms with Gasteiger partial charge in [0.2, 0.25) is 0 Å². The molecule has 0 unspecified atom stereocenters. The number of carbonyl (C=O) groups excluding carboxylic acids is 2. The summed E-state index contributed by atoms with van der Waals surface area (Å²) in [6, 6.07) is 2.60. The van der Waals surface area contributed by atoms with Crippen molar-refractivity contribution >= 4 is 34.3 Å². The average molecular weight is 515 g/mol. The van der Waals surface area contributed by atoms with E-state index in [9.17, 15) is 14.4 Å². The van der Waals surface area contributed by atoms with Crippen LogP contribution in [0.4, 0.5) is 20.6 Å². The highest BCUT2D eigenvalue weighted by Crippen LogP contribution is 2.49. The van der Waals surface area contributed by atoms with Gasteiger partial charge in [-0.3, -0.25) is 4.79 Å². The Kier molecular flexibility index (Phi) is 6.11. The number of carbonyl (C=O) groups is 2. The molecule has 2 atom stereocenters. The smallest absolute Gasteiger partial charge is 0.408 e. The molecule has 5 rings (SSSR count). The van der Waals surface area contributed by atoms with Crippen molar-refractivity contribution < 1.29 is 23.5 Å². The van der Waals surface area contributed by atoms with E-state index in [1.54, 1.807) is 11.5 Å². The Balaban J connectivity index is 1.48. The Morgan fingerprint density at radius 3 is 2.65 bits per heavy atom. The average Bonchev–Trinajstić information content (AvgIpc) is 3.40. The van der Waals surface area contributed by atoms with Gasteiger partial charge in [0.05, 0.1) is 29.5 Å². The van der Waals surface area contributed by atoms with Crippen LogP contribution in [0.3, 0.4) is 0 Å². The van der Waals surface area contributed by atoms with Crippen LogP contribution in [0.2, 0.25) is 0 Å². The van der Waals surface area contributed by atoms with E-state index in [-0.39, 0.29) is 29.7 Å². The van der Waals surface area contributed by atoms with Crippen LogP contribution in [0, 0.1) is 11.7 Å². The van der Waals surface area contributed by atoms with Gasteiger partial charge in [-0.05, 0) is 66.0 Å². The summed E-state index contributed by atoms with van der Waals surface area (Å²) in [5.74, 6) is -0.974. The van der Waals surface area contributed by atoms with E-state index >= 15 is 4.39 Å². The number of halogens is 1. The summed E-state index contributed by atoms with van der Waals surface area (Å²) in [6.07, 6.45) is 2.11. The topological polar surface area (TPSA) is 102 Å². The van der Waals surface area contributed by atoms with E-state index in [2.05, 4.69) is 10.6 Å². The third-order valence-corrected chi connectivity index (χ3v) is 7.58. The fourth-order valence-corrected chi connectivity index (χ4v) is 5.75. The normalized spacial score (nSPS) is 21.9. The Morgan fingerprint density at radius 1 is 1.27 bits per heavy atom. The summed E-state index contributed by atoms with van der Waals surface area (Å²) in [5, 5.41) is 6.90. The van der Waals surface area contributed by atoms with Crippen molar-refractivity contribution in [1.82, 2.24) is 9.88 Å². The fourth-order valence-electron chi connectivity index (χ4n) is 5.75. The lowest BCUT2D eigenvalue weighted by Crippen LogP contribution is -2.46. The molecule has 0 spiro atoms. The molecule has 37 heavy (non-hydrogen) atoms. The molecule has 0 bridgehead atoms. The zero-order valence-electron chi connectivity index (χ0n) is 22.1. The Bertz CT molecular complexity index is 1330. The first-order valence-corrected chi connectivity index (χ1v) is 13.0. The largest absolute Gasteiger partial charge is 0.462 e. The third-order valence-electron chi connectivity index (χ3n) is 7.58. The second-order valence-corrected chi connectivity index (χ2v) is 11.4. The summed E-state index contributed by atoms with van der Waals surface area (Å²) in [7, 11) is 0. The second-order valence-electron chi connectivity index (χ2n) is 11.4. The molecule has 1 aliphatic carbocycles. The SMILES string of the molecule is CCOC(=O)c1cc2cc(F)c(N3CC[C@@H](C4(NC(=O)OC(C)(C)C)CC4)C3)c3c2n(c1=O)[C@@H](C)CN3. The lowest BCUT2D eigenvalue weighted by Gasteiger charge is -2.32. The Hall–Kier alpha value is -3.30. The highest BCUT2D eigenvalue weighted by atomic mass is 19.1. The quantitative estimate of drug-likeness (QED) is 0.577. The number of anilines is 2. The van der Waals surface area contributed by atoms with Crippen LogP contribution in [0.25, 0.3) is 10.9 Å². The number of amides is 1. The van der Waals surface area contributed by atoms with Gasteiger partial charge in [0.25, 0.3) is 5.56 Å². The Labute approximate surface area is 215 Å². The maximum atomic E-state index is 15.7. The minimum atomic E-state index is -0.704. The predicted molar refractivity (Wildman–Crippen MR) is 139 cm³/mol. The number of rotatable bonds is 5. The van der Waals surface area contributed by atoms with Crippen LogP contribution in [-0.4, -0.2) is 54.0 Å². The number of alkyl carbamates (subject to hydrolysis) is 1. The van der Waals surface area contributed by atoms with Crippen LogP contribution in [0.1, 0.15) is 70.3 Å². The number of pyridine rings is 1. The van der Waals surface area contributed by atoms with Gasteiger partial charge in [0.15, 0.2) is 0 Å². The minimum Gasteiger partial charge on any atom is -0.462 e. The maximum absolute atomic E-state index is 15.7. The van der Waals surface area contributed by atoms with Crippen molar-refractivity contribution in [2.24, 2.45) is 5.92 Å². The van der Waals surface area contributed by atoms with Crippen LogP contribution in [0.5, 0.6) is 0 Å². The summed E-state index contributed by atoms with van der Waals surface area (Å²) in [6.45, 7) is 10.8. The molecule has 9 nitrogen and oxygen atoms in total. The standard InChI is InChI=1S/C27H35FN4O5/c1-6-36-24(34)18-11-16-12-19(28)22(20-21(16)32(23(18)33)15(2)13-29-20)31-10-7-17(14-31)27(8-9-27)30-25(35)37-26(3,4)5/h11-12,15,17,29H,6-10,13-14H2,1-5H3,(H,30,35)/t15-,17+/m0/s1. The van der Waals surface area contributed by atoms with E-state index in [0.29, 0.717) is 41.9 Å². The molecule has 1 saturated heterocycles. The molecule has 2 fully saturated rings. The lowest BCUT2D eigenvalue weighted by molar-refractivity contribution is 0.0475. The number of nitrogens with zero attached hydrogens (tertiary/aromatic N) is 2. The first-order valence-electron chi connectivity index (χ1n) is 13.0. The van der Waals surface area contributed by atoms with Gasteiger partial charge in [-0.2, -0.15) is 0 Å². The molecule has 200 valence electrons. The van der Waals surface area contributed by atoms with E-state index in [1.165, 1.54) is 12.1 Å². The van der Waals surface area contributed by atoms with Gasteiger partial charge < -0.3 is 29.6 Å². The molecule has 1 aromatic carbocycles. The van der Waals surface area contributed by atoms with Gasteiger partial charge in [-0.1, -0.05) is 0 Å². The summed E-state index contributed by atoms with van der Waals surface area (Å²) < 4.78 is 27.8. The first-order chi connectivity index (χ1) is 17.4. The van der Waals surface area contributed by atoms with Gasteiger partial charge in [-0.25, -0.2) is 14.0 Å². The minimum absolute atomic E-state index is 0.0914. The van der Waals surface area contributed by atoms with Crippen LogP contribution < -0.4 is 21.1 Å². The molecule has 1 amide bonds. The molecular formula is C27H35FN4O5. The molecule has 2 N–H and O–H groups in total. The van der Waals surface area contributed by atoms with Crippen molar-refractivity contribution in [3.63, 3.8) is 0 Å². The summed E-state index contributed by atoms with van der Waals surface area (Å²) in [4.78, 5) is 40.2. The number of hydrogen-bond donors (Lipinski definition) is 2. The van der Waals surface area contributed by atoms with E-state index in [4.69, 9.17) is 9.47 Å². The summed E-state index contributed by atoms with van der Waals surface area (Å²) >= 11 is 0. The molecule has 3 aliphatic rings. The van der Waals surface area contributed by atoms with E-state index < -0.39 is 29.0 Å². The maximum Gasteiger partial charge on any atom is 0.408 e. The van der Waals surface area contributed by atoms with E-state index in [1.807, 2.05) is 32.6 Å². The fraction of sp³-hybridized carbons (Fsp3) is 0.593. The van der Waals surface area contributed by atoms with Gasteiger partial charge in [0.1, 0.15) is 17.0 Å². The highest BCUT2D eigenvalue weighted by molar-refractivity contribution is 6.02. The highest BCUT2D eigenvalue weighted by Gasteiger charge is 2.53. The van der Waals surface area contributed by atoms with Gasteiger partial charge in [0, 0.05) is 36.5 Å². The lowest BCUT2D eigenvalue weighted by atomic mass is 9.96. The van der Waals surface area contributed by atoms with Crippen molar-refractivity contribution in [2.45, 2.75) is 71.1 Å². The molecule has 0 radical (unpaired) electrons. The zero-order valence-corrected chi connectivity index (χ0v) is 22.1. The molecule has 1 saturated carbocycles. The van der Waals surface area contributed by atoms with Crippen LogP contribution in [0.15, 0.2) is 16.9 Å². The molecule has 2 aliphatic heterocycles. The van der Waals surface area contributed by atoms with Crippen molar-refractivity contribution in [3.05, 3.63) is 33.9 Å². The van der Waals surface area contributed by atoms with Crippen molar-refractivity contribution in [3.8, 4) is 0 Å². The first kappa shape index (κ1) is 25.4. The molecule has 2 aromatic rings. The number of esters is 1. The molecular weight excluding hydrogens is 479 g/mol.